The van der Waals surface area contributed by atoms with Crippen LogP contribution in [0, 0.1) is 11.3 Å². The number of aromatic carboxylic acids is 1. The van der Waals surface area contributed by atoms with Crippen LogP contribution in [-0.2, 0) is 6.61 Å². The summed E-state index contributed by atoms with van der Waals surface area (Å²) in [6.07, 6.45) is 2.45. The predicted octanol–water partition coefficient (Wildman–Crippen LogP) is 3.95. The molecule has 7 heteroatoms. The molecule has 1 heterocycles. The van der Waals surface area contributed by atoms with E-state index in [4.69, 9.17) is 21.4 Å². The molecule has 0 aliphatic heterocycles. The number of nitrogens with zero attached hydrogens (tertiary/aromatic N) is 3. The van der Waals surface area contributed by atoms with Gasteiger partial charge in [0.25, 0.3) is 0 Å². The fourth-order valence-corrected chi connectivity index (χ4v) is 2.34. The molecule has 3 aromatic rings. The molecule has 3 rings (SSSR count). The molecule has 1 aromatic heterocycles. The minimum Gasteiger partial charge on any atom is -0.488 e. The summed E-state index contributed by atoms with van der Waals surface area (Å²) in [5.74, 6) is -0.329. The van der Waals surface area contributed by atoms with Crippen molar-refractivity contribution in [1.29, 1.82) is 5.26 Å². The van der Waals surface area contributed by atoms with Crippen molar-refractivity contribution in [2.24, 2.45) is 0 Å². The number of aromatic nitrogens is 2. The number of benzene rings is 2. The maximum absolute atomic E-state index is 10.9. The van der Waals surface area contributed by atoms with Gasteiger partial charge in [0.1, 0.15) is 18.4 Å². The van der Waals surface area contributed by atoms with E-state index >= 15 is 0 Å². The molecule has 0 saturated carbocycles. The molecule has 0 amide bonds. The summed E-state index contributed by atoms with van der Waals surface area (Å²) >= 11 is 5.85. The highest BCUT2D eigenvalue weighted by Crippen LogP contribution is 2.25. The minimum absolute atomic E-state index is 0.00262. The topological polar surface area (TPSA) is 96.1 Å². The first-order chi connectivity index (χ1) is 12.6. The Hall–Kier alpha value is -3.43. The highest BCUT2D eigenvalue weighted by Gasteiger charge is 2.10. The monoisotopic (exact) mass is 365 g/mol. The summed E-state index contributed by atoms with van der Waals surface area (Å²) in [4.78, 5) is 18.9. The van der Waals surface area contributed by atoms with Gasteiger partial charge in [0.2, 0.25) is 0 Å². The van der Waals surface area contributed by atoms with Crippen LogP contribution in [0.2, 0.25) is 5.02 Å². The van der Waals surface area contributed by atoms with Crippen LogP contribution in [-0.4, -0.2) is 21.0 Å². The summed E-state index contributed by atoms with van der Waals surface area (Å²) in [6, 6.07) is 14.3. The van der Waals surface area contributed by atoms with Gasteiger partial charge in [-0.05, 0) is 35.9 Å². The lowest BCUT2D eigenvalue weighted by Crippen LogP contribution is -2.00. The van der Waals surface area contributed by atoms with Crippen molar-refractivity contribution in [3.63, 3.8) is 0 Å². The van der Waals surface area contributed by atoms with Gasteiger partial charge in [0, 0.05) is 23.0 Å². The molecule has 128 valence electrons. The number of rotatable bonds is 5. The van der Waals surface area contributed by atoms with Crippen LogP contribution in [0.15, 0.2) is 54.9 Å². The average Bonchev–Trinajstić information content (AvgIpc) is 2.67. The molecule has 6 nitrogen and oxygen atoms in total. The SMILES string of the molecule is N#Cc1cc(-c2ncc(C(=O)O)cn2)ccc1OCc1ccc(Cl)cc1. The first-order valence-corrected chi connectivity index (χ1v) is 7.91. The van der Waals surface area contributed by atoms with Crippen molar-refractivity contribution in [3.05, 3.63) is 76.6 Å². The Balaban J connectivity index is 1.80. The van der Waals surface area contributed by atoms with E-state index in [1.165, 1.54) is 12.4 Å². The molecule has 0 unspecified atom stereocenters. The standard InChI is InChI=1S/C19H12ClN3O3/c20-16-4-1-12(2-5-16)11-26-17-6-3-13(7-14(17)8-21)18-22-9-15(10-23-18)19(24)25/h1-7,9-10H,11H2,(H,24,25). The number of nitriles is 1. The maximum Gasteiger partial charge on any atom is 0.338 e. The lowest BCUT2D eigenvalue weighted by molar-refractivity contribution is 0.0696. The third-order valence-corrected chi connectivity index (χ3v) is 3.82. The van der Waals surface area contributed by atoms with E-state index in [-0.39, 0.29) is 5.56 Å². The molecular formula is C19H12ClN3O3. The molecule has 0 radical (unpaired) electrons. The molecule has 2 aromatic carbocycles. The van der Waals surface area contributed by atoms with Crippen molar-refractivity contribution in [1.82, 2.24) is 9.97 Å². The van der Waals surface area contributed by atoms with Gasteiger partial charge >= 0.3 is 5.97 Å². The molecule has 0 saturated heterocycles. The van der Waals surface area contributed by atoms with Gasteiger partial charge in [-0.25, -0.2) is 14.8 Å². The van der Waals surface area contributed by atoms with Gasteiger partial charge in [-0.1, -0.05) is 23.7 Å². The average molecular weight is 366 g/mol. The largest absolute Gasteiger partial charge is 0.488 e. The lowest BCUT2D eigenvalue weighted by atomic mass is 10.1. The summed E-state index contributed by atoms with van der Waals surface area (Å²) in [6.45, 7) is 0.301. The highest BCUT2D eigenvalue weighted by atomic mass is 35.5. The van der Waals surface area contributed by atoms with Crippen molar-refractivity contribution < 1.29 is 14.6 Å². The molecule has 0 spiro atoms. The minimum atomic E-state index is -1.10. The van der Waals surface area contributed by atoms with E-state index in [2.05, 4.69) is 16.0 Å². The Morgan fingerprint density at radius 2 is 1.85 bits per heavy atom. The van der Waals surface area contributed by atoms with Crippen LogP contribution in [0.3, 0.4) is 0 Å². The second-order valence-corrected chi connectivity index (χ2v) is 5.77. The van der Waals surface area contributed by atoms with E-state index in [1.54, 1.807) is 30.3 Å². The second-order valence-electron chi connectivity index (χ2n) is 5.34. The zero-order valence-corrected chi connectivity index (χ0v) is 14.1. The summed E-state index contributed by atoms with van der Waals surface area (Å²) < 4.78 is 5.71. The van der Waals surface area contributed by atoms with Crippen LogP contribution in [0.4, 0.5) is 0 Å². The number of hydrogen-bond donors (Lipinski definition) is 1. The number of halogens is 1. The molecule has 0 bridgehead atoms. The van der Waals surface area contributed by atoms with Gasteiger partial charge in [0.05, 0.1) is 11.1 Å². The van der Waals surface area contributed by atoms with Gasteiger partial charge in [-0.3, -0.25) is 0 Å². The number of hydrogen-bond acceptors (Lipinski definition) is 5. The van der Waals surface area contributed by atoms with Crippen molar-refractivity contribution >= 4 is 17.6 Å². The van der Waals surface area contributed by atoms with Gasteiger partial charge in [-0.15, -0.1) is 0 Å². The maximum atomic E-state index is 10.9. The second kappa shape index (κ2) is 7.64. The number of carbonyl (C=O) groups is 1. The summed E-state index contributed by atoms with van der Waals surface area (Å²) in [5, 5.41) is 18.9. The van der Waals surface area contributed by atoms with Crippen LogP contribution >= 0.6 is 11.6 Å². The Labute approximate surface area is 154 Å². The third-order valence-electron chi connectivity index (χ3n) is 3.56. The molecule has 0 atom stereocenters. The number of carboxylic acids is 1. The molecular weight excluding hydrogens is 354 g/mol. The van der Waals surface area contributed by atoms with Gasteiger partial charge < -0.3 is 9.84 Å². The van der Waals surface area contributed by atoms with E-state index in [0.29, 0.717) is 34.3 Å². The van der Waals surface area contributed by atoms with Crippen LogP contribution in [0.5, 0.6) is 5.75 Å². The Morgan fingerprint density at radius 1 is 1.15 bits per heavy atom. The van der Waals surface area contributed by atoms with E-state index < -0.39 is 5.97 Å². The summed E-state index contributed by atoms with van der Waals surface area (Å²) in [5.41, 5.74) is 1.85. The number of carboxylic acid groups (broad SMARTS) is 1. The molecule has 0 aliphatic rings. The fourth-order valence-electron chi connectivity index (χ4n) is 2.21. The first kappa shape index (κ1) is 17.4. The van der Waals surface area contributed by atoms with E-state index in [9.17, 15) is 10.1 Å². The van der Waals surface area contributed by atoms with E-state index in [0.717, 1.165) is 5.56 Å². The molecule has 0 aliphatic carbocycles. The van der Waals surface area contributed by atoms with Crippen molar-refractivity contribution in [3.8, 4) is 23.2 Å². The summed E-state index contributed by atoms with van der Waals surface area (Å²) in [7, 11) is 0. The smallest absolute Gasteiger partial charge is 0.338 e. The van der Waals surface area contributed by atoms with Gasteiger partial charge in [-0.2, -0.15) is 5.26 Å². The Bertz CT molecular complexity index is 980. The quantitative estimate of drug-likeness (QED) is 0.735. The third kappa shape index (κ3) is 3.97. The lowest BCUT2D eigenvalue weighted by Gasteiger charge is -2.09. The highest BCUT2D eigenvalue weighted by molar-refractivity contribution is 6.30. The number of ether oxygens (including phenoxy) is 1. The van der Waals surface area contributed by atoms with Crippen molar-refractivity contribution in [2.75, 3.05) is 0 Å². The Kier molecular flexibility index (Phi) is 5.11. The molecule has 0 fully saturated rings. The van der Waals surface area contributed by atoms with Crippen LogP contribution in [0.1, 0.15) is 21.5 Å². The van der Waals surface area contributed by atoms with Crippen LogP contribution < -0.4 is 4.74 Å². The zero-order valence-electron chi connectivity index (χ0n) is 13.4. The molecule has 1 N–H and O–H groups in total. The van der Waals surface area contributed by atoms with E-state index in [1.807, 2.05) is 12.1 Å². The fraction of sp³-hybridized carbons (Fsp3) is 0.0526. The van der Waals surface area contributed by atoms with Crippen molar-refractivity contribution in [2.45, 2.75) is 6.61 Å². The predicted molar refractivity (Wildman–Crippen MR) is 94.9 cm³/mol. The zero-order chi connectivity index (χ0) is 18.5. The normalized spacial score (nSPS) is 10.2. The Morgan fingerprint density at radius 3 is 2.46 bits per heavy atom. The molecule has 26 heavy (non-hydrogen) atoms. The van der Waals surface area contributed by atoms with Crippen LogP contribution in [0.25, 0.3) is 11.4 Å². The van der Waals surface area contributed by atoms with Gasteiger partial charge in [0.15, 0.2) is 5.82 Å². The first-order valence-electron chi connectivity index (χ1n) is 7.54.